The van der Waals surface area contributed by atoms with Gasteiger partial charge in [-0.1, -0.05) is 13.8 Å². The number of aromatic amines is 1. The molecule has 1 aromatic carbocycles. The maximum Gasteiger partial charge on any atom is 0.334 e. The van der Waals surface area contributed by atoms with Crippen LogP contribution in [0.1, 0.15) is 70.6 Å². The summed E-state index contributed by atoms with van der Waals surface area (Å²) in [6.07, 6.45) is 8.49. The van der Waals surface area contributed by atoms with E-state index in [4.69, 9.17) is 9.72 Å². The van der Waals surface area contributed by atoms with Crippen molar-refractivity contribution in [3.05, 3.63) is 62.4 Å². The molecule has 7 unspecified atom stereocenters. The summed E-state index contributed by atoms with van der Waals surface area (Å²) >= 11 is 0. The van der Waals surface area contributed by atoms with Gasteiger partial charge in [0.15, 0.2) is 5.65 Å². The maximum absolute atomic E-state index is 13.0. The van der Waals surface area contributed by atoms with Crippen molar-refractivity contribution in [2.24, 2.45) is 34.5 Å². The van der Waals surface area contributed by atoms with Gasteiger partial charge in [0.1, 0.15) is 5.75 Å². The third-order valence-corrected chi connectivity index (χ3v) is 12.0. The molecule has 7 atom stereocenters. The highest BCUT2D eigenvalue weighted by Crippen LogP contribution is 2.67. The zero-order valence-electron chi connectivity index (χ0n) is 23.4. The Morgan fingerprint density at radius 2 is 1.77 bits per heavy atom. The first kappa shape index (κ1) is 25.1. The van der Waals surface area contributed by atoms with Gasteiger partial charge < -0.3 is 9.84 Å². The Morgan fingerprint density at radius 1 is 1.03 bits per heavy atom. The number of fused-ring (bicyclic) bond motifs is 7. The minimum Gasteiger partial charge on any atom is -0.497 e. The van der Waals surface area contributed by atoms with Crippen LogP contribution in [0.3, 0.4) is 0 Å². The predicted octanol–water partition coefficient (Wildman–Crippen LogP) is 4.79. The number of nitrogens with zero attached hydrogens (tertiary/aromatic N) is 2. The molecule has 3 saturated carbocycles. The van der Waals surface area contributed by atoms with Gasteiger partial charge in [0, 0.05) is 5.69 Å². The minimum absolute atomic E-state index is 0.0140. The highest BCUT2D eigenvalue weighted by atomic mass is 16.5. The number of pyridine rings is 1. The topological polar surface area (TPSA) is 97.2 Å². The number of benzene rings is 1. The maximum atomic E-state index is 13.0. The average molecular weight is 530 g/mol. The van der Waals surface area contributed by atoms with Crippen molar-refractivity contribution in [2.45, 2.75) is 77.7 Å². The van der Waals surface area contributed by atoms with Gasteiger partial charge in [-0.05, 0) is 129 Å². The number of hydrogen-bond acceptors (Lipinski definition) is 5. The van der Waals surface area contributed by atoms with E-state index in [0.29, 0.717) is 46.1 Å². The fourth-order valence-corrected chi connectivity index (χ4v) is 9.57. The van der Waals surface area contributed by atoms with Gasteiger partial charge in [0.25, 0.3) is 5.56 Å². The molecule has 39 heavy (non-hydrogen) atoms. The fraction of sp³-hybridized carbons (Fsp3) is 0.594. The van der Waals surface area contributed by atoms with E-state index >= 15 is 0 Å². The van der Waals surface area contributed by atoms with Crippen LogP contribution in [-0.4, -0.2) is 32.4 Å². The fourth-order valence-electron chi connectivity index (χ4n) is 9.57. The first-order valence-electron chi connectivity index (χ1n) is 14.6. The Hall–Kier alpha value is -2.93. The van der Waals surface area contributed by atoms with E-state index in [1.54, 1.807) is 19.2 Å². The Kier molecular flexibility index (Phi) is 5.33. The Bertz CT molecular complexity index is 1590. The van der Waals surface area contributed by atoms with Crippen LogP contribution in [0.25, 0.3) is 16.7 Å². The van der Waals surface area contributed by atoms with Gasteiger partial charge >= 0.3 is 5.69 Å². The Labute approximate surface area is 228 Å². The molecule has 0 saturated heterocycles. The van der Waals surface area contributed by atoms with Gasteiger partial charge in [-0.15, -0.1) is 0 Å². The summed E-state index contributed by atoms with van der Waals surface area (Å²) in [5, 5.41) is 11.7. The van der Waals surface area contributed by atoms with Crippen LogP contribution in [0.15, 0.2) is 39.9 Å². The molecule has 3 fully saturated rings. The van der Waals surface area contributed by atoms with E-state index in [2.05, 4.69) is 25.8 Å². The summed E-state index contributed by atoms with van der Waals surface area (Å²) in [5.74, 6) is 3.09. The molecular weight excluding hydrogens is 490 g/mol. The summed E-state index contributed by atoms with van der Waals surface area (Å²) < 4.78 is 6.79. The minimum atomic E-state index is -0.566. The van der Waals surface area contributed by atoms with Crippen molar-refractivity contribution < 1.29 is 9.84 Å². The second-order valence-electron chi connectivity index (χ2n) is 13.6. The molecule has 206 valence electrons. The number of nitrogens with one attached hydrogen (secondary N) is 1. The average Bonchev–Trinajstić information content (AvgIpc) is 3.15. The highest BCUT2D eigenvalue weighted by molar-refractivity contribution is 5.77. The summed E-state index contributed by atoms with van der Waals surface area (Å²) in [4.78, 5) is 33.6. The lowest BCUT2D eigenvalue weighted by atomic mass is 9.44. The second kappa shape index (κ2) is 8.29. The van der Waals surface area contributed by atoms with Crippen molar-refractivity contribution >= 4 is 11.0 Å². The van der Waals surface area contributed by atoms with Crippen LogP contribution in [0.5, 0.6) is 5.75 Å². The zero-order chi connectivity index (χ0) is 27.3. The van der Waals surface area contributed by atoms with E-state index in [0.717, 1.165) is 49.8 Å². The van der Waals surface area contributed by atoms with Crippen molar-refractivity contribution in [1.82, 2.24) is 14.5 Å². The molecule has 0 bridgehead atoms. The molecule has 2 heterocycles. The van der Waals surface area contributed by atoms with Crippen molar-refractivity contribution in [3.63, 3.8) is 0 Å². The zero-order valence-corrected chi connectivity index (χ0v) is 23.4. The van der Waals surface area contributed by atoms with Crippen LogP contribution in [0.4, 0.5) is 0 Å². The normalized spacial score (nSPS) is 37.1. The van der Waals surface area contributed by atoms with Crippen molar-refractivity contribution in [3.8, 4) is 11.4 Å². The Balaban J connectivity index is 1.30. The van der Waals surface area contributed by atoms with Crippen LogP contribution in [0.2, 0.25) is 0 Å². The smallest absolute Gasteiger partial charge is 0.334 e. The van der Waals surface area contributed by atoms with Crippen LogP contribution >= 0.6 is 0 Å². The molecule has 4 aliphatic carbocycles. The molecule has 7 heteroatoms. The quantitative estimate of drug-likeness (QED) is 0.498. The van der Waals surface area contributed by atoms with Crippen LogP contribution in [-0.2, 0) is 12.8 Å². The standard InChI is InChI=1S/C32H39N3O4/c1-30-17-18-15-23-27(35(29(37)34-28(23)36)20-6-8-21(39-4)9-7-20)33-26(18)16-19(30)5-10-22-24(30)11-13-31(2)25(22)12-14-32(31,3)38/h6-9,15,19,22,24-25,38H,5,10-14,16-17H2,1-4H3,(H,34,36,37). The third kappa shape index (κ3) is 3.41. The van der Waals surface area contributed by atoms with Crippen LogP contribution in [0, 0.1) is 34.5 Å². The largest absolute Gasteiger partial charge is 0.497 e. The number of rotatable bonds is 2. The number of hydrogen-bond donors (Lipinski definition) is 2. The molecule has 7 nitrogen and oxygen atoms in total. The molecule has 2 aromatic heterocycles. The number of H-pyrrole nitrogens is 1. The number of ether oxygens (including phenoxy) is 1. The van der Waals surface area contributed by atoms with Gasteiger partial charge in [0.05, 0.1) is 23.8 Å². The number of aromatic nitrogens is 3. The van der Waals surface area contributed by atoms with Gasteiger partial charge in [-0.3, -0.25) is 9.78 Å². The molecule has 0 radical (unpaired) electrons. The lowest BCUT2D eigenvalue weighted by Gasteiger charge is -2.61. The molecule has 0 aliphatic heterocycles. The molecule has 0 spiro atoms. The molecule has 4 aliphatic rings. The van der Waals surface area contributed by atoms with Crippen molar-refractivity contribution in [2.75, 3.05) is 7.11 Å². The van der Waals surface area contributed by atoms with Gasteiger partial charge in [-0.2, -0.15) is 0 Å². The second-order valence-corrected chi connectivity index (χ2v) is 13.6. The number of aliphatic hydroxyl groups is 1. The summed E-state index contributed by atoms with van der Waals surface area (Å²) in [6.45, 7) is 6.90. The van der Waals surface area contributed by atoms with Crippen LogP contribution < -0.4 is 16.0 Å². The monoisotopic (exact) mass is 529 g/mol. The van der Waals surface area contributed by atoms with E-state index in [1.165, 1.54) is 17.4 Å². The van der Waals surface area contributed by atoms with Crippen molar-refractivity contribution in [1.29, 1.82) is 0 Å². The highest BCUT2D eigenvalue weighted by Gasteiger charge is 2.63. The summed E-state index contributed by atoms with van der Waals surface area (Å²) in [6, 6.07) is 9.25. The van der Waals surface area contributed by atoms with E-state index in [-0.39, 0.29) is 16.4 Å². The number of methoxy groups -OCH3 is 1. The van der Waals surface area contributed by atoms with E-state index < -0.39 is 11.3 Å². The summed E-state index contributed by atoms with van der Waals surface area (Å²) in [5.41, 5.74) is 1.98. The lowest BCUT2D eigenvalue weighted by molar-refractivity contribution is -0.139. The Morgan fingerprint density at radius 3 is 2.51 bits per heavy atom. The molecule has 3 aromatic rings. The lowest BCUT2D eigenvalue weighted by Crippen LogP contribution is -2.56. The molecular formula is C32H39N3O4. The molecule has 7 rings (SSSR count). The molecule has 2 N–H and O–H groups in total. The first-order chi connectivity index (χ1) is 18.6. The van der Waals surface area contributed by atoms with Gasteiger partial charge in [-0.25, -0.2) is 14.3 Å². The third-order valence-electron chi connectivity index (χ3n) is 12.0. The SMILES string of the molecule is COc1ccc(-n2c(=O)[nH]c(=O)c3cc4c(nc32)CC2CCC3C(CCC5(C)C3CCC5(C)O)C2(C)C4)cc1. The summed E-state index contributed by atoms with van der Waals surface area (Å²) in [7, 11) is 1.61. The first-order valence-corrected chi connectivity index (χ1v) is 14.6. The van der Waals surface area contributed by atoms with Gasteiger partial charge in [0.2, 0.25) is 0 Å². The predicted molar refractivity (Wildman–Crippen MR) is 150 cm³/mol. The van der Waals surface area contributed by atoms with E-state index in [1.807, 2.05) is 18.2 Å². The molecule has 0 amide bonds. The van der Waals surface area contributed by atoms with E-state index in [9.17, 15) is 14.7 Å².